The van der Waals surface area contributed by atoms with Crippen LogP contribution in [0.3, 0.4) is 0 Å². The molecule has 0 atom stereocenters. The van der Waals surface area contributed by atoms with Crippen LogP contribution in [0.5, 0.6) is 0 Å². The van der Waals surface area contributed by atoms with Gasteiger partial charge in [-0.1, -0.05) is 23.7 Å². The van der Waals surface area contributed by atoms with Gasteiger partial charge in [0, 0.05) is 17.5 Å². The monoisotopic (exact) mass is 446 g/mol. The Morgan fingerprint density at radius 3 is 2.77 bits per heavy atom. The first-order valence-electron chi connectivity index (χ1n) is 9.28. The summed E-state index contributed by atoms with van der Waals surface area (Å²) in [5.74, 6) is 0.940. The fraction of sp³-hybridized carbons (Fsp3) is 0.238. The fourth-order valence-electron chi connectivity index (χ4n) is 3.20. The second-order valence-electron chi connectivity index (χ2n) is 7.26. The van der Waals surface area contributed by atoms with Gasteiger partial charge in [-0.05, 0) is 48.9 Å². The second-order valence-corrected chi connectivity index (χ2v) is 8.50. The molecule has 1 aromatic carbocycles. The first-order chi connectivity index (χ1) is 14.4. The van der Waals surface area contributed by atoms with E-state index in [-0.39, 0.29) is 12.4 Å². The third-order valence-corrected chi connectivity index (χ3v) is 5.91. The summed E-state index contributed by atoms with van der Waals surface area (Å²) in [7, 11) is 0. The lowest BCUT2D eigenvalue weighted by Gasteiger charge is -2.46. The zero-order chi connectivity index (χ0) is 21.3. The van der Waals surface area contributed by atoms with Crippen LogP contribution >= 0.6 is 23.5 Å². The number of hydrogen-bond acceptors (Lipinski definition) is 7. The Hall–Kier alpha value is -2.39. The molecule has 0 spiro atoms. The molecule has 0 unspecified atom stereocenters. The predicted octanol–water partition coefficient (Wildman–Crippen LogP) is 3.91. The molecular weight excluding hydrogens is 427 g/mol. The van der Waals surface area contributed by atoms with Crippen molar-refractivity contribution in [1.82, 2.24) is 9.97 Å². The van der Waals surface area contributed by atoms with E-state index in [1.165, 1.54) is 24.1 Å². The van der Waals surface area contributed by atoms with Gasteiger partial charge in [0.15, 0.2) is 0 Å². The minimum atomic E-state index is -1.05. The molecule has 0 bridgehead atoms. The molecular formula is C21H20ClFN4O2S. The van der Waals surface area contributed by atoms with Crippen LogP contribution in [0, 0.1) is 12.7 Å². The molecule has 3 aromatic rings. The van der Waals surface area contributed by atoms with Crippen LogP contribution in [0.1, 0.15) is 5.56 Å². The first kappa shape index (κ1) is 20.9. The van der Waals surface area contributed by atoms with Crippen molar-refractivity contribution >= 4 is 35.2 Å². The summed E-state index contributed by atoms with van der Waals surface area (Å²) in [5.41, 5.74) is 0.969. The lowest BCUT2D eigenvalue weighted by molar-refractivity contribution is -0.0363. The van der Waals surface area contributed by atoms with Crippen molar-refractivity contribution in [2.75, 3.05) is 29.3 Å². The number of aryl methyl sites for hydroxylation is 1. The van der Waals surface area contributed by atoms with E-state index >= 15 is 0 Å². The number of pyridine rings is 2. The van der Waals surface area contributed by atoms with Gasteiger partial charge in [0.25, 0.3) is 0 Å². The highest BCUT2D eigenvalue weighted by Crippen LogP contribution is 2.32. The second kappa shape index (κ2) is 8.39. The summed E-state index contributed by atoms with van der Waals surface area (Å²) in [5, 5.41) is 20.3. The highest BCUT2D eigenvalue weighted by molar-refractivity contribution is 8.00. The quantitative estimate of drug-likeness (QED) is 0.495. The number of nitrogens with one attached hydrogen (secondary N) is 1. The normalized spacial score (nSPS) is 15.0. The standard InChI is InChI=1S/C21H20ClFN4O2S/c1-13-5-6-14(23)9-15(13)20-16(22)7-8-17(24-20)26-30-19-4-2-3-18(25-19)27-10-21(29,11-27)12-28/h2-9,28-29H,10-12H2,1H3,(H,24,26). The van der Waals surface area contributed by atoms with Crippen LogP contribution in [0.4, 0.5) is 16.0 Å². The van der Waals surface area contributed by atoms with Crippen molar-refractivity contribution in [1.29, 1.82) is 0 Å². The van der Waals surface area contributed by atoms with E-state index in [2.05, 4.69) is 14.7 Å². The molecule has 2 aromatic heterocycles. The maximum absolute atomic E-state index is 13.7. The predicted molar refractivity (Wildman–Crippen MR) is 117 cm³/mol. The summed E-state index contributed by atoms with van der Waals surface area (Å²) in [6.45, 7) is 2.29. The summed E-state index contributed by atoms with van der Waals surface area (Å²) < 4.78 is 16.9. The van der Waals surface area contributed by atoms with Crippen molar-refractivity contribution in [2.45, 2.75) is 17.6 Å². The Morgan fingerprint density at radius 1 is 1.20 bits per heavy atom. The van der Waals surface area contributed by atoms with Gasteiger partial charge in [-0.3, -0.25) is 0 Å². The maximum atomic E-state index is 13.7. The van der Waals surface area contributed by atoms with Crippen LogP contribution < -0.4 is 9.62 Å². The largest absolute Gasteiger partial charge is 0.393 e. The Balaban J connectivity index is 1.48. The van der Waals surface area contributed by atoms with E-state index in [9.17, 15) is 14.6 Å². The van der Waals surface area contributed by atoms with Gasteiger partial charge >= 0.3 is 0 Å². The minimum Gasteiger partial charge on any atom is -0.393 e. The minimum absolute atomic E-state index is 0.269. The van der Waals surface area contributed by atoms with E-state index in [1.54, 1.807) is 18.2 Å². The van der Waals surface area contributed by atoms with Crippen LogP contribution in [-0.4, -0.2) is 45.5 Å². The van der Waals surface area contributed by atoms with Gasteiger partial charge in [-0.25, -0.2) is 14.4 Å². The summed E-state index contributed by atoms with van der Waals surface area (Å²) in [6, 6.07) is 13.6. The van der Waals surface area contributed by atoms with E-state index in [0.717, 1.165) is 11.4 Å². The smallest absolute Gasteiger partial charge is 0.136 e. The topological polar surface area (TPSA) is 81.5 Å². The van der Waals surface area contributed by atoms with Crippen molar-refractivity contribution < 1.29 is 14.6 Å². The van der Waals surface area contributed by atoms with Crippen LogP contribution in [0.2, 0.25) is 5.02 Å². The number of hydrogen-bond donors (Lipinski definition) is 3. The summed E-state index contributed by atoms with van der Waals surface area (Å²) >= 11 is 7.59. The highest BCUT2D eigenvalue weighted by Gasteiger charge is 2.41. The Morgan fingerprint density at radius 2 is 2.00 bits per heavy atom. The third kappa shape index (κ3) is 4.37. The van der Waals surface area contributed by atoms with Crippen molar-refractivity contribution in [3.8, 4) is 11.3 Å². The Kier molecular flexibility index (Phi) is 5.84. The van der Waals surface area contributed by atoms with Gasteiger partial charge < -0.3 is 19.8 Å². The zero-order valence-corrected chi connectivity index (χ0v) is 17.7. The van der Waals surface area contributed by atoms with Gasteiger partial charge in [0.2, 0.25) is 0 Å². The number of benzene rings is 1. The molecule has 0 amide bonds. The molecule has 1 fully saturated rings. The first-order valence-corrected chi connectivity index (χ1v) is 10.5. The van der Waals surface area contributed by atoms with E-state index < -0.39 is 5.60 Å². The number of aromatic nitrogens is 2. The third-order valence-electron chi connectivity index (χ3n) is 4.86. The number of anilines is 2. The maximum Gasteiger partial charge on any atom is 0.136 e. The number of halogens is 2. The lowest BCUT2D eigenvalue weighted by atomic mass is 9.95. The molecule has 9 heteroatoms. The fourth-order valence-corrected chi connectivity index (χ4v) is 4.02. The SMILES string of the molecule is Cc1ccc(F)cc1-c1nc(NSc2cccc(N3CC(O)(CO)C3)n2)ccc1Cl. The number of rotatable bonds is 6. The average Bonchev–Trinajstić information content (AvgIpc) is 2.73. The van der Waals surface area contributed by atoms with E-state index in [0.29, 0.717) is 40.2 Å². The lowest BCUT2D eigenvalue weighted by Crippen LogP contribution is -2.64. The van der Waals surface area contributed by atoms with Crippen LogP contribution in [0.25, 0.3) is 11.3 Å². The van der Waals surface area contributed by atoms with Gasteiger partial charge in [-0.2, -0.15) is 0 Å². The molecule has 0 radical (unpaired) electrons. The van der Waals surface area contributed by atoms with Crippen molar-refractivity contribution in [3.05, 3.63) is 64.9 Å². The molecule has 1 saturated heterocycles. The molecule has 3 N–H and O–H groups in total. The van der Waals surface area contributed by atoms with Crippen LogP contribution in [-0.2, 0) is 0 Å². The van der Waals surface area contributed by atoms with Gasteiger partial charge in [-0.15, -0.1) is 0 Å². The van der Waals surface area contributed by atoms with Gasteiger partial charge in [0.05, 0.1) is 30.4 Å². The molecule has 1 aliphatic rings. The molecule has 156 valence electrons. The average molecular weight is 447 g/mol. The molecule has 30 heavy (non-hydrogen) atoms. The Bertz CT molecular complexity index is 1080. The Labute approximate surface area is 182 Å². The summed E-state index contributed by atoms with van der Waals surface area (Å²) in [4.78, 5) is 11.0. The number of β-amino-alcohol motifs (C(OH)–C–C–N with tert-alkyl or cyclic N) is 1. The number of aliphatic hydroxyl groups excluding tert-OH is 1. The van der Waals surface area contributed by atoms with E-state index in [1.807, 2.05) is 30.0 Å². The highest BCUT2D eigenvalue weighted by atomic mass is 35.5. The van der Waals surface area contributed by atoms with Crippen molar-refractivity contribution in [3.63, 3.8) is 0 Å². The van der Waals surface area contributed by atoms with Gasteiger partial charge in [0.1, 0.15) is 28.1 Å². The molecule has 3 heterocycles. The summed E-state index contributed by atoms with van der Waals surface area (Å²) in [6.07, 6.45) is 0. The molecule has 0 saturated carbocycles. The van der Waals surface area contributed by atoms with Crippen LogP contribution in [0.15, 0.2) is 53.6 Å². The molecule has 1 aliphatic heterocycles. The number of aliphatic hydroxyl groups is 2. The number of nitrogens with zero attached hydrogens (tertiary/aromatic N) is 3. The van der Waals surface area contributed by atoms with Crippen molar-refractivity contribution in [2.24, 2.45) is 0 Å². The molecule has 0 aliphatic carbocycles. The molecule has 4 rings (SSSR count). The zero-order valence-electron chi connectivity index (χ0n) is 16.1. The molecule has 6 nitrogen and oxygen atoms in total. The van der Waals surface area contributed by atoms with E-state index in [4.69, 9.17) is 11.6 Å².